The minimum Gasteiger partial charge on any atom is -0.444 e. The van der Waals surface area contributed by atoms with E-state index >= 15 is 0 Å². The quantitative estimate of drug-likeness (QED) is 0.682. The van der Waals surface area contributed by atoms with Crippen molar-refractivity contribution in [2.45, 2.75) is 37.4 Å². The van der Waals surface area contributed by atoms with Crippen molar-refractivity contribution in [2.75, 3.05) is 13.1 Å². The lowest BCUT2D eigenvalue weighted by Gasteiger charge is -2.21. The van der Waals surface area contributed by atoms with Crippen LogP contribution in [0, 0.1) is 11.3 Å². The van der Waals surface area contributed by atoms with Gasteiger partial charge in [0.25, 0.3) is 0 Å². The largest absolute Gasteiger partial charge is 0.444 e. The number of carbonyl (C=O) groups excluding carboxylic acids is 2. The molecule has 0 aliphatic rings. The summed E-state index contributed by atoms with van der Waals surface area (Å²) >= 11 is 0. The van der Waals surface area contributed by atoms with E-state index in [-0.39, 0.29) is 12.3 Å². The summed E-state index contributed by atoms with van der Waals surface area (Å²) in [6.45, 7) is 4.20. The molecule has 2 N–H and O–H groups in total. The van der Waals surface area contributed by atoms with Crippen molar-refractivity contribution in [3.63, 3.8) is 0 Å². The molecule has 0 saturated carbocycles. The maximum atomic E-state index is 12.7. The molecule has 0 radical (unpaired) electrons. The number of hydrogen-bond donors (Lipinski definition) is 2. The highest BCUT2D eigenvalue weighted by Gasteiger charge is 2.33. The summed E-state index contributed by atoms with van der Waals surface area (Å²) in [5.74, 6) is -1.22. The van der Waals surface area contributed by atoms with E-state index in [4.69, 9.17) is 10.00 Å². The van der Waals surface area contributed by atoms with Crippen molar-refractivity contribution in [2.24, 2.45) is 0 Å². The molecule has 142 valence electrons. The van der Waals surface area contributed by atoms with Crippen molar-refractivity contribution < 1.29 is 22.7 Å². The van der Waals surface area contributed by atoms with Gasteiger partial charge in [-0.1, -0.05) is 30.3 Å². The van der Waals surface area contributed by atoms with Crippen LogP contribution in [-0.4, -0.2) is 44.4 Å². The van der Waals surface area contributed by atoms with Crippen molar-refractivity contribution in [1.82, 2.24) is 10.6 Å². The summed E-state index contributed by atoms with van der Waals surface area (Å²) in [6.07, 6.45) is -0.828. The van der Waals surface area contributed by atoms with Gasteiger partial charge in [-0.25, -0.2) is 13.2 Å². The molecule has 8 nitrogen and oxygen atoms in total. The van der Waals surface area contributed by atoms with Crippen LogP contribution in [0.1, 0.15) is 26.3 Å². The molecule has 1 unspecified atom stereocenters. The predicted molar refractivity (Wildman–Crippen MR) is 95.7 cm³/mol. The molecule has 0 spiro atoms. The first-order chi connectivity index (χ1) is 12.0. The van der Waals surface area contributed by atoms with Crippen molar-refractivity contribution in [3.05, 3.63) is 35.9 Å². The van der Waals surface area contributed by atoms with Crippen LogP contribution >= 0.6 is 0 Å². The molecule has 26 heavy (non-hydrogen) atoms. The van der Waals surface area contributed by atoms with Gasteiger partial charge in [0.1, 0.15) is 12.1 Å². The molecular weight excluding hydrogens is 358 g/mol. The molecule has 0 bridgehead atoms. The van der Waals surface area contributed by atoms with E-state index < -0.39 is 39.2 Å². The van der Waals surface area contributed by atoms with Crippen molar-refractivity contribution in [3.8, 4) is 6.07 Å². The molecule has 0 saturated heterocycles. The fourth-order valence-corrected chi connectivity index (χ4v) is 3.63. The maximum Gasteiger partial charge on any atom is 0.407 e. The third-order valence-electron chi connectivity index (χ3n) is 3.11. The second-order valence-corrected chi connectivity index (χ2v) is 8.72. The molecule has 2 amide bonds. The van der Waals surface area contributed by atoms with Crippen LogP contribution < -0.4 is 10.6 Å². The van der Waals surface area contributed by atoms with Gasteiger partial charge in [0.15, 0.2) is 15.1 Å². The summed E-state index contributed by atoms with van der Waals surface area (Å²) < 4.78 is 30.4. The predicted octanol–water partition coefficient (Wildman–Crippen LogP) is 1.13. The van der Waals surface area contributed by atoms with Gasteiger partial charge in [0, 0.05) is 6.54 Å². The second kappa shape index (κ2) is 9.20. The zero-order valence-corrected chi connectivity index (χ0v) is 15.8. The molecule has 0 fully saturated rings. The number of nitrogens with one attached hydrogen (secondary N) is 2. The minimum absolute atomic E-state index is 0.331. The first kappa shape index (κ1) is 21.4. The normalized spacial score (nSPS) is 12.5. The van der Waals surface area contributed by atoms with Crippen LogP contribution in [0.3, 0.4) is 0 Å². The zero-order valence-electron chi connectivity index (χ0n) is 15.0. The van der Waals surface area contributed by atoms with Crippen LogP contribution in [0.5, 0.6) is 0 Å². The van der Waals surface area contributed by atoms with Crippen LogP contribution in [0.15, 0.2) is 30.3 Å². The Hall–Kier alpha value is -2.60. The monoisotopic (exact) mass is 381 g/mol. The van der Waals surface area contributed by atoms with Crippen molar-refractivity contribution >= 4 is 21.8 Å². The van der Waals surface area contributed by atoms with Crippen molar-refractivity contribution in [1.29, 1.82) is 5.26 Å². The fourth-order valence-electron chi connectivity index (χ4n) is 2.02. The van der Waals surface area contributed by atoms with Gasteiger partial charge in [0.2, 0.25) is 5.91 Å². The maximum absolute atomic E-state index is 12.7. The van der Waals surface area contributed by atoms with Crippen LogP contribution in [0.4, 0.5) is 4.79 Å². The van der Waals surface area contributed by atoms with Crippen LogP contribution in [0.2, 0.25) is 0 Å². The van der Waals surface area contributed by atoms with Gasteiger partial charge in [0.05, 0.1) is 11.8 Å². The number of alkyl carbamates (subject to hydrolysis) is 1. The molecule has 0 aliphatic carbocycles. The number of nitriles is 1. The third-order valence-corrected chi connectivity index (χ3v) is 5.09. The molecule has 1 atom stereocenters. The molecular formula is C17H23N3O5S. The molecule has 0 heterocycles. The van der Waals surface area contributed by atoms with Gasteiger partial charge in [-0.05, 0) is 26.3 Å². The van der Waals surface area contributed by atoms with Gasteiger partial charge < -0.3 is 15.4 Å². The first-order valence-electron chi connectivity index (χ1n) is 7.92. The zero-order chi connectivity index (χ0) is 19.8. The number of carbonyl (C=O) groups is 2. The Labute approximate surface area is 153 Å². The van der Waals surface area contributed by atoms with E-state index in [0.717, 1.165) is 0 Å². The number of hydrogen-bond acceptors (Lipinski definition) is 6. The van der Waals surface area contributed by atoms with Gasteiger partial charge in [-0.15, -0.1) is 0 Å². The Morgan fingerprint density at radius 1 is 1.19 bits per heavy atom. The topological polar surface area (TPSA) is 125 Å². The van der Waals surface area contributed by atoms with E-state index in [1.54, 1.807) is 57.2 Å². The lowest BCUT2D eigenvalue weighted by atomic mass is 10.2. The smallest absolute Gasteiger partial charge is 0.407 e. The number of amides is 2. The van der Waals surface area contributed by atoms with Gasteiger partial charge in [-0.2, -0.15) is 5.26 Å². The average molecular weight is 381 g/mol. The van der Waals surface area contributed by atoms with Crippen LogP contribution in [-0.2, 0) is 25.1 Å². The third kappa shape index (κ3) is 7.53. The van der Waals surface area contributed by atoms with Gasteiger partial charge in [-0.3, -0.25) is 4.79 Å². The Morgan fingerprint density at radius 2 is 1.81 bits per heavy atom. The summed E-state index contributed by atoms with van der Waals surface area (Å²) in [6, 6.07) is 10.1. The molecule has 1 aromatic carbocycles. The second-order valence-electron chi connectivity index (χ2n) is 6.54. The van der Waals surface area contributed by atoms with E-state index in [2.05, 4.69) is 10.6 Å². The van der Waals surface area contributed by atoms with Crippen LogP contribution in [0.25, 0.3) is 0 Å². The standard InChI is InChI=1S/C17H23N3O5S/c1-17(2,3)25-16(22)20-11-14(15(21)19-10-9-18)26(23,24)12-13-7-5-4-6-8-13/h4-8,14H,10-12H2,1-3H3,(H,19,21)(H,20,22). The van der Waals surface area contributed by atoms with E-state index in [9.17, 15) is 18.0 Å². The number of sulfone groups is 1. The minimum atomic E-state index is -3.94. The Morgan fingerprint density at radius 3 is 2.35 bits per heavy atom. The fraction of sp³-hybridized carbons (Fsp3) is 0.471. The molecule has 1 rings (SSSR count). The lowest BCUT2D eigenvalue weighted by Crippen LogP contribution is -2.48. The number of benzene rings is 1. The van der Waals surface area contributed by atoms with E-state index in [0.29, 0.717) is 5.56 Å². The highest BCUT2D eigenvalue weighted by Crippen LogP contribution is 2.12. The molecule has 0 aliphatic heterocycles. The SMILES string of the molecule is CC(C)(C)OC(=O)NCC(C(=O)NCC#N)S(=O)(=O)Cc1ccccc1. The number of rotatable bonds is 7. The Kier molecular flexibility index (Phi) is 7.58. The highest BCUT2D eigenvalue weighted by atomic mass is 32.2. The number of nitrogens with zero attached hydrogens (tertiary/aromatic N) is 1. The Bertz CT molecular complexity index is 764. The average Bonchev–Trinajstić information content (AvgIpc) is 2.51. The first-order valence-corrected chi connectivity index (χ1v) is 9.64. The van der Waals surface area contributed by atoms with Gasteiger partial charge >= 0.3 is 6.09 Å². The summed E-state index contributed by atoms with van der Waals surface area (Å²) in [7, 11) is -3.94. The molecule has 9 heteroatoms. The molecule has 1 aromatic rings. The van der Waals surface area contributed by atoms with E-state index in [1.165, 1.54) is 0 Å². The molecule has 0 aromatic heterocycles. The highest BCUT2D eigenvalue weighted by molar-refractivity contribution is 7.92. The number of ether oxygens (including phenoxy) is 1. The van der Waals surface area contributed by atoms with E-state index in [1.807, 2.05) is 0 Å². The Balaban J connectivity index is 2.92. The summed E-state index contributed by atoms with van der Waals surface area (Å²) in [4.78, 5) is 24.0. The summed E-state index contributed by atoms with van der Waals surface area (Å²) in [5.41, 5.74) is -0.242. The lowest BCUT2D eigenvalue weighted by molar-refractivity contribution is -0.120. The summed E-state index contributed by atoms with van der Waals surface area (Å²) in [5, 5.41) is 11.6.